The third-order valence-electron chi connectivity index (χ3n) is 2.11. The third kappa shape index (κ3) is 3.63. The quantitative estimate of drug-likeness (QED) is 0.723. The Balaban J connectivity index is 2.79. The van der Waals surface area contributed by atoms with E-state index in [-0.39, 0.29) is 18.8 Å². The number of amides is 2. The van der Waals surface area contributed by atoms with E-state index in [9.17, 15) is 9.59 Å². The summed E-state index contributed by atoms with van der Waals surface area (Å²) in [4.78, 5) is 27.3. The van der Waals surface area contributed by atoms with Crippen molar-refractivity contribution in [1.29, 1.82) is 0 Å². The van der Waals surface area contributed by atoms with Crippen molar-refractivity contribution in [2.24, 2.45) is 5.73 Å². The number of ether oxygens (including phenoxy) is 1. The standard InChI is InChI=1S/C10H14N4O3/c1-17-9(15)3-5-14(10(12)16)7-2-4-13-8(11)6-7/h2,4,6H,3,5H2,1H3,(H2,11,13)(H2,12,16). The first-order valence-electron chi connectivity index (χ1n) is 4.90. The topological polar surface area (TPSA) is 112 Å². The molecule has 7 heteroatoms. The monoisotopic (exact) mass is 238 g/mol. The SMILES string of the molecule is COC(=O)CCN(C(N)=O)c1ccnc(N)c1. The lowest BCUT2D eigenvalue weighted by atomic mass is 10.3. The Bertz CT molecular complexity index is 422. The van der Waals surface area contributed by atoms with E-state index in [1.165, 1.54) is 24.3 Å². The molecule has 7 nitrogen and oxygen atoms in total. The molecule has 2 amide bonds. The zero-order valence-corrected chi connectivity index (χ0v) is 9.42. The molecule has 1 rings (SSSR count). The van der Waals surface area contributed by atoms with E-state index in [0.29, 0.717) is 5.69 Å². The molecule has 0 atom stereocenters. The number of methoxy groups -OCH3 is 1. The Kier molecular flexibility index (Phi) is 4.27. The van der Waals surface area contributed by atoms with Gasteiger partial charge in [-0.3, -0.25) is 9.69 Å². The zero-order valence-electron chi connectivity index (χ0n) is 9.42. The molecule has 0 bridgehead atoms. The highest BCUT2D eigenvalue weighted by molar-refractivity contribution is 5.91. The largest absolute Gasteiger partial charge is 0.469 e. The molecule has 0 aliphatic carbocycles. The average molecular weight is 238 g/mol. The van der Waals surface area contributed by atoms with E-state index in [2.05, 4.69) is 9.72 Å². The summed E-state index contributed by atoms with van der Waals surface area (Å²) >= 11 is 0. The van der Waals surface area contributed by atoms with E-state index in [1.807, 2.05) is 0 Å². The molecule has 92 valence electrons. The molecule has 0 saturated heterocycles. The smallest absolute Gasteiger partial charge is 0.319 e. The van der Waals surface area contributed by atoms with Gasteiger partial charge >= 0.3 is 12.0 Å². The Morgan fingerprint density at radius 2 is 2.24 bits per heavy atom. The lowest BCUT2D eigenvalue weighted by Gasteiger charge is -2.19. The number of carbonyl (C=O) groups excluding carboxylic acids is 2. The third-order valence-corrected chi connectivity index (χ3v) is 2.11. The molecule has 0 saturated carbocycles. The number of rotatable bonds is 4. The van der Waals surface area contributed by atoms with Crippen LogP contribution in [0, 0.1) is 0 Å². The normalized spacial score (nSPS) is 9.71. The van der Waals surface area contributed by atoms with Gasteiger partial charge in [-0.1, -0.05) is 0 Å². The van der Waals surface area contributed by atoms with Crippen LogP contribution in [-0.2, 0) is 9.53 Å². The minimum absolute atomic E-state index is 0.0572. The number of nitrogens with zero attached hydrogens (tertiary/aromatic N) is 2. The van der Waals surface area contributed by atoms with Crippen molar-refractivity contribution in [1.82, 2.24) is 4.98 Å². The number of hydrogen-bond donors (Lipinski definition) is 2. The molecule has 17 heavy (non-hydrogen) atoms. The van der Waals surface area contributed by atoms with Crippen LogP contribution in [0.25, 0.3) is 0 Å². The molecular formula is C10H14N4O3. The van der Waals surface area contributed by atoms with Crippen LogP contribution in [0.1, 0.15) is 6.42 Å². The molecule has 0 fully saturated rings. The molecular weight excluding hydrogens is 224 g/mol. The molecule has 1 heterocycles. The Labute approximate surface area is 98.4 Å². The van der Waals surface area contributed by atoms with Gasteiger partial charge in [-0.15, -0.1) is 0 Å². The van der Waals surface area contributed by atoms with Crippen molar-refractivity contribution in [3.05, 3.63) is 18.3 Å². The Morgan fingerprint density at radius 1 is 1.53 bits per heavy atom. The van der Waals surface area contributed by atoms with Crippen molar-refractivity contribution >= 4 is 23.5 Å². The van der Waals surface area contributed by atoms with Crippen LogP contribution in [0.3, 0.4) is 0 Å². The van der Waals surface area contributed by atoms with Gasteiger partial charge in [-0.05, 0) is 6.07 Å². The predicted molar refractivity (Wildman–Crippen MR) is 62.2 cm³/mol. The molecule has 0 aromatic carbocycles. The Morgan fingerprint density at radius 3 is 2.76 bits per heavy atom. The number of carbonyl (C=O) groups is 2. The number of primary amides is 1. The maximum Gasteiger partial charge on any atom is 0.319 e. The summed E-state index contributed by atoms with van der Waals surface area (Å²) in [7, 11) is 1.28. The molecule has 0 spiro atoms. The number of esters is 1. The van der Waals surface area contributed by atoms with Gasteiger partial charge in [0.2, 0.25) is 0 Å². The van der Waals surface area contributed by atoms with Crippen molar-refractivity contribution in [2.45, 2.75) is 6.42 Å². The van der Waals surface area contributed by atoms with E-state index in [0.717, 1.165) is 0 Å². The highest BCUT2D eigenvalue weighted by atomic mass is 16.5. The average Bonchev–Trinajstić information content (AvgIpc) is 2.28. The van der Waals surface area contributed by atoms with Gasteiger partial charge in [-0.2, -0.15) is 0 Å². The van der Waals surface area contributed by atoms with Crippen LogP contribution >= 0.6 is 0 Å². The van der Waals surface area contributed by atoms with Crippen LogP contribution in [0.5, 0.6) is 0 Å². The summed E-state index contributed by atoms with van der Waals surface area (Å²) in [5.74, 6) is -0.148. The second kappa shape index (κ2) is 5.69. The minimum Gasteiger partial charge on any atom is -0.469 e. The maximum atomic E-state index is 11.2. The maximum absolute atomic E-state index is 11.2. The second-order valence-electron chi connectivity index (χ2n) is 3.25. The molecule has 0 unspecified atom stereocenters. The fourth-order valence-electron chi connectivity index (χ4n) is 1.28. The number of nitrogen functional groups attached to an aromatic ring is 1. The fourth-order valence-corrected chi connectivity index (χ4v) is 1.28. The van der Waals surface area contributed by atoms with Gasteiger partial charge in [0, 0.05) is 18.8 Å². The summed E-state index contributed by atoms with van der Waals surface area (Å²) in [5, 5.41) is 0. The summed E-state index contributed by atoms with van der Waals surface area (Å²) in [5.41, 5.74) is 11.2. The molecule has 4 N–H and O–H groups in total. The molecule has 0 aliphatic heterocycles. The van der Waals surface area contributed by atoms with E-state index in [4.69, 9.17) is 11.5 Å². The van der Waals surface area contributed by atoms with Crippen LogP contribution in [0.2, 0.25) is 0 Å². The van der Waals surface area contributed by atoms with Crippen molar-refractivity contribution in [3.63, 3.8) is 0 Å². The minimum atomic E-state index is -0.667. The second-order valence-corrected chi connectivity index (χ2v) is 3.25. The lowest BCUT2D eigenvalue weighted by molar-refractivity contribution is -0.140. The molecule has 0 radical (unpaired) electrons. The van der Waals surface area contributed by atoms with Gasteiger partial charge in [0.1, 0.15) is 5.82 Å². The predicted octanol–water partition coefficient (Wildman–Crippen LogP) is 0.112. The van der Waals surface area contributed by atoms with E-state index >= 15 is 0 Å². The van der Waals surface area contributed by atoms with Gasteiger partial charge in [-0.25, -0.2) is 9.78 Å². The van der Waals surface area contributed by atoms with Gasteiger partial charge in [0.15, 0.2) is 0 Å². The number of aromatic nitrogens is 1. The number of urea groups is 1. The van der Waals surface area contributed by atoms with Crippen LogP contribution in [0.15, 0.2) is 18.3 Å². The van der Waals surface area contributed by atoms with Crippen LogP contribution < -0.4 is 16.4 Å². The summed E-state index contributed by atoms with van der Waals surface area (Å²) < 4.78 is 4.49. The number of pyridine rings is 1. The van der Waals surface area contributed by atoms with Gasteiger partial charge in [0.25, 0.3) is 0 Å². The molecule has 1 aromatic rings. The summed E-state index contributed by atoms with van der Waals surface area (Å²) in [6.45, 7) is 0.130. The van der Waals surface area contributed by atoms with Crippen molar-refractivity contribution in [3.8, 4) is 0 Å². The van der Waals surface area contributed by atoms with E-state index < -0.39 is 12.0 Å². The van der Waals surface area contributed by atoms with Gasteiger partial charge < -0.3 is 16.2 Å². The highest BCUT2D eigenvalue weighted by Crippen LogP contribution is 2.15. The lowest BCUT2D eigenvalue weighted by Crippen LogP contribution is -2.37. The zero-order chi connectivity index (χ0) is 12.8. The van der Waals surface area contributed by atoms with Crippen LogP contribution in [0.4, 0.5) is 16.3 Å². The van der Waals surface area contributed by atoms with Gasteiger partial charge in [0.05, 0.1) is 19.2 Å². The molecule has 0 aliphatic rings. The fraction of sp³-hybridized carbons (Fsp3) is 0.300. The first-order chi connectivity index (χ1) is 8.04. The Hall–Kier alpha value is -2.31. The highest BCUT2D eigenvalue weighted by Gasteiger charge is 2.14. The van der Waals surface area contributed by atoms with E-state index in [1.54, 1.807) is 6.07 Å². The summed E-state index contributed by atoms with van der Waals surface area (Å²) in [6.07, 6.45) is 1.51. The number of anilines is 2. The van der Waals surface area contributed by atoms with Crippen molar-refractivity contribution < 1.29 is 14.3 Å². The van der Waals surface area contributed by atoms with Crippen molar-refractivity contribution in [2.75, 3.05) is 24.3 Å². The molecule has 1 aromatic heterocycles. The first kappa shape index (κ1) is 12.8. The first-order valence-corrected chi connectivity index (χ1v) is 4.90. The number of nitrogens with two attached hydrogens (primary N) is 2. The van der Waals surface area contributed by atoms with Crippen LogP contribution in [-0.4, -0.2) is 30.6 Å². The number of hydrogen-bond acceptors (Lipinski definition) is 5. The summed E-state index contributed by atoms with van der Waals surface area (Å²) in [6, 6.07) is 2.42.